The molecule has 0 aliphatic heterocycles. The minimum atomic E-state index is -4.72. The van der Waals surface area contributed by atoms with Gasteiger partial charge in [0.05, 0.1) is 10.8 Å². The lowest BCUT2D eigenvalue weighted by Crippen LogP contribution is -2.42. The molecule has 102 valence electrons. The Morgan fingerprint density at radius 2 is 1.79 bits per heavy atom. The number of nitrogens with one attached hydrogen (secondary N) is 1. The molecule has 1 aromatic heterocycles. The molecular weight excluding hydrogens is 263 g/mol. The van der Waals surface area contributed by atoms with Crippen LogP contribution in [0, 0.1) is 0 Å². The molecule has 1 atom stereocenters. The fourth-order valence-electron chi connectivity index (χ4n) is 1.82. The Morgan fingerprint density at radius 1 is 1.21 bits per heavy atom. The number of nitrogens with zero attached hydrogens (tertiary/aromatic N) is 1. The van der Waals surface area contributed by atoms with Crippen LogP contribution in [0.4, 0.5) is 13.2 Å². The van der Waals surface area contributed by atoms with Gasteiger partial charge in [0, 0.05) is 6.54 Å². The number of aromatic nitrogens is 2. The summed E-state index contributed by atoms with van der Waals surface area (Å²) in [7, 11) is 0. The Hall–Kier alpha value is -2.09. The highest BCUT2D eigenvalue weighted by molar-refractivity contribution is 5.80. The molecular formula is C11H10F3N3O2. The third kappa shape index (κ3) is 2.26. The van der Waals surface area contributed by atoms with Gasteiger partial charge in [0.25, 0.3) is 11.1 Å². The van der Waals surface area contributed by atoms with Crippen molar-refractivity contribution in [2.24, 2.45) is 5.73 Å². The first-order chi connectivity index (χ1) is 8.86. The molecule has 2 rings (SSSR count). The summed E-state index contributed by atoms with van der Waals surface area (Å²) in [6, 6.07) is 3.40. The Kier molecular flexibility index (Phi) is 3.19. The van der Waals surface area contributed by atoms with E-state index in [4.69, 9.17) is 5.73 Å². The zero-order valence-corrected chi connectivity index (χ0v) is 9.57. The zero-order valence-electron chi connectivity index (χ0n) is 9.57. The van der Waals surface area contributed by atoms with Gasteiger partial charge in [-0.2, -0.15) is 13.2 Å². The van der Waals surface area contributed by atoms with Crippen molar-refractivity contribution in [3.63, 3.8) is 0 Å². The molecule has 2 aromatic rings. The van der Waals surface area contributed by atoms with Gasteiger partial charge in [0.15, 0.2) is 6.04 Å². The number of H-pyrrole nitrogens is 1. The summed E-state index contributed by atoms with van der Waals surface area (Å²) in [5.41, 5.74) is 3.36. The van der Waals surface area contributed by atoms with Crippen LogP contribution >= 0.6 is 0 Å². The second kappa shape index (κ2) is 4.54. The number of nitrogens with two attached hydrogens (primary N) is 1. The largest absolute Gasteiger partial charge is 0.412 e. The van der Waals surface area contributed by atoms with Gasteiger partial charge in [-0.05, 0) is 12.1 Å². The quantitative estimate of drug-likeness (QED) is 0.847. The maximum atomic E-state index is 12.8. The summed E-state index contributed by atoms with van der Waals surface area (Å²) in [4.78, 5) is 23.6. The van der Waals surface area contributed by atoms with E-state index in [1.807, 2.05) is 5.10 Å². The Morgan fingerprint density at radius 3 is 2.32 bits per heavy atom. The van der Waals surface area contributed by atoms with Crippen molar-refractivity contribution in [1.29, 1.82) is 0 Å². The fraction of sp³-hybridized carbons (Fsp3) is 0.273. The minimum absolute atomic E-state index is 0.0432. The second-order valence-corrected chi connectivity index (χ2v) is 3.95. The van der Waals surface area contributed by atoms with E-state index in [9.17, 15) is 22.8 Å². The van der Waals surface area contributed by atoms with Crippen LogP contribution in [0.3, 0.4) is 0 Å². The van der Waals surface area contributed by atoms with E-state index in [-0.39, 0.29) is 15.5 Å². The highest BCUT2D eigenvalue weighted by Gasteiger charge is 2.41. The molecule has 0 fully saturated rings. The molecule has 5 nitrogen and oxygen atoms in total. The van der Waals surface area contributed by atoms with Crippen LogP contribution in [-0.4, -0.2) is 22.5 Å². The highest BCUT2D eigenvalue weighted by Crippen LogP contribution is 2.27. The standard InChI is InChI=1S/C11H10F3N3O2/c12-11(13,14)8(5-15)17-10(19)7-4-2-1-3-6(7)9(18)16-17/h1-4,8H,5,15H2,(H,16,18). The number of benzene rings is 1. The minimum Gasteiger partial charge on any atom is -0.328 e. The SMILES string of the molecule is NCC(n1[nH]c(=O)c2ccccc2c1=O)C(F)(F)F. The summed E-state index contributed by atoms with van der Waals surface area (Å²) in [5.74, 6) is 0. The van der Waals surface area contributed by atoms with E-state index in [0.717, 1.165) is 0 Å². The van der Waals surface area contributed by atoms with Crippen LogP contribution < -0.4 is 16.9 Å². The summed E-state index contributed by atoms with van der Waals surface area (Å²) in [6.07, 6.45) is -4.72. The average molecular weight is 273 g/mol. The number of fused-ring (bicyclic) bond motifs is 1. The van der Waals surface area contributed by atoms with Gasteiger partial charge < -0.3 is 5.73 Å². The van der Waals surface area contributed by atoms with E-state index in [1.165, 1.54) is 24.3 Å². The Labute approximate surface area is 104 Å². The molecule has 0 amide bonds. The number of rotatable bonds is 2. The molecule has 1 aromatic carbocycles. The van der Waals surface area contributed by atoms with Crippen LogP contribution in [0.1, 0.15) is 6.04 Å². The first-order valence-corrected chi connectivity index (χ1v) is 5.36. The predicted molar refractivity (Wildman–Crippen MR) is 63.0 cm³/mol. The van der Waals surface area contributed by atoms with E-state index in [2.05, 4.69) is 0 Å². The topological polar surface area (TPSA) is 80.9 Å². The van der Waals surface area contributed by atoms with E-state index < -0.39 is 29.9 Å². The summed E-state index contributed by atoms with van der Waals surface area (Å²) in [6.45, 7) is -0.836. The first-order valence-electron chi connectivity index (χ1n) is 5.36. The van der Waals surface area contributed by atoms with Gasteiger partial charge in [0.1, 0.15) is 0 Å². The van der Waals surface area contributed by atoms with Crippen LogP contribution in [-0.2, 0) is 0 Å². The van der Waals surface area contributed by atoms with Crippen molar-refractivity contribution in [2.75, 3.05) is 6.54 Å². The highest BCUT2D eigenvalue weighted by atomic mass is 19.4. The molecule has 1 unspecified atom stereocenters. The van der Waals surface area contributed by atoms with Crippen molar-refractivity contribution >= 4 is 10.8 Å². The first kappa shape index (κ1) is 13.3. The summed E-state index contributed by atoms with van der Waals surface area (Å²) in [5, 5.41) is 1.89. The van der Waals surface area contributed by atoms with Gasteiger partial charge in [-0.15, -0.1) is 0 Å². The molecule has 0 bridgehead atoms. The van der Waals surface area contributed by atoms with E-state index in [1.54, 1.807) is 0 Å². The third-order valence-electron chi connectivity index (χ3n) is 2.76. The molecule has 19 heavy (non-hydrogen) atoms. The molecule has 0 spiro atoms. The van der Waals surface area contributed by atoms with Crippen LogP contribution in [0.15, 0.2) is 33.9 Å². The maximum absolute atomic E-state index is 12.8. The fourth-order valence-corrected chi connectivity index (χ4v) is 1.82. The lowest BCUT2D eigenvalue weighted by atomic mass is 10.2. The third-order valence-corrected chi connectivity index (χ3v) is 2.76. The van der Waals surface area contributed by atoms with E-state index >= 15 is 0 Å². The average Bonchev–Trinajstić information content (AvgIpc) is 2.34. The van der Waals surface area contributed by atoms with Crippen molar-refractivity contribution in [3.8, 4) is 0 Å². The molecule has 0 aliphatic carbocycles. The van der Waals surface area contributed by atoms with Crippen molar-refractivity contribution in [1.82, 2.24) is 9.78 Å². The molecule has 3 N–H and O–H groups in total. The molecule has 0 aliphatic rings. The van der Waals surface area contributed by atoms with Crippen molar-refractivity contribution in [2.45, 2.75) is 12.2 Å². The molecule has 8 heteroatoms. The predicted octanol–water partition coefficient (Wildman–Crippen LogP) is 0.752. The van der Waals surface area contributed by atoms with Crippen LogP contribution in [0.5, 0.6) is 0 Å². The van der Waals surface area contributed by atoms with Crippen LogP contribution in [0.2, 0.25) is 0 Å². The van der Waals surface area contributed by atoms with Crippen molar-refractivity contribution in [3.05, 3.63) is 45.0 Å². The molecule has 1 heterocycles. The molecule has 0 saturated carbocycles. The number of halogens is 3. The number of alkyl halides is 3. The lowest BCUT2D eigenvalue weighted by molar-refractivity contribution is -0.168. The lowest BCUT2D eigenvalue weighted by Gasteiger charge is -2.20. The van der Waals surface area contributed by atoms with Crippen molar-refractivity contribution < 1.29 is 13.2 Å². The van der Waals surface area contributed by atoms with Gasteiger partial charge >= 0.3 is 6.18 Å². The zero-order chi connectivity index (χ0) is 14.2. The number of hydrogen-bond donors (Lipinski definition) is 2. The summed E-state index contributed by atoms with van der Waals surface area (Å²) >= 11 is 0. The van der Waals surface area contributed by atoms with Crippen LogP contribution in [0.25, 0.3) is 10.8 Å². The van der Waals surface area contributed by atoms with Gasteiger partial charge in [0.2, 0.25) is 0 Å². The second-order valence-electron chi connectivity index (χ2n) is 3.95. The molecule has 0 saturated heterocycles. The summed E-state index contributed by atoms with van der Waals surface area (Å²) < 4.78 is 38.5. The van der Waals surface area contributed by atoms with Gasteiger partial charge in [-0.25, -0.2) is 4.68 Å². The van der Waals surface area contributed by atoms with Gasteiger partial charge in [-0.1, -0.05) is 12.1 Å². The number of aromatic amines is 1. The normalized spacial score (nSPS) is 13.7. The number of hydrogen-bond acceptors (Lipinski definition) is 3. The monoisotopic (exact) mass is 273 g/mol. The van der Waals surface area contributed by atoms with Gasteiger partial charge in [-0.3, -0.25) is 14.7 Å². The smallest absolute Gasteiger partial charge is 0.328 e. The Bertz CT molecular complexity index is 717. The molecule has 0 radical (unpaired) electrons. The maximum Gasteiger partial charge on any atom is 0.412 e. The Balaban J connectivity index is 2.79. The van der Waals surface area contributed by atoms with E-state index in [0.29, 0.717) is 0 Å².